The molecule has 3 rings (SSSR count). The number of amides is 3. The smallest absolute Gasteiger partial charge is 0.407 e. The number of alkyl halides is 2. The lowest BCUT2D eigenvalue weighted by Gasteiger charge is -2.19. The number of hydrogen-bond acceptors (Lipinski definition) is 7. The van der Waals surface area contributed by atoms with E-state index in [1.54, 1.807) is 24.3 Å². The number of carbonyl (C=O) groups is 3. The van der Waals surface area contributed by atoms with Crippen LogP contribution in [-0.2, 0) is 9.53 Å². The molecule has 38 heavy (non-hydrogen) atoms. The molecule has 0 saturated carbocycles. The molecule has 2 N–H and O–H groups in total. The van der Waals surface area contributed by atoms with Crippen LogP contribution in [0.3, 0.4) is 0 Å². The highest BCUT2D eigenvalue weighted by atomic mass is 19.3. The van der Waals surface area contributed by atoms with Crippen molar-refractivity contribution in [1.29, 1.82) is 5.26 Å². The number of unbranched alkanes of at least 4 members (excludes halogenated alkanes) is 1. The van der Waals surface area contributed by atoms with E-state index in [9.17, 15) is 23.2 Å². The van der Waals surface area contributed by atoms with Gasteiger partial charge in [-0.05, 0) is 57.9 Å². The summed E-state index contributed by atoms with van der Waals surface area (Å²) < 4.78 is 38.2. The molecule has 0 bridgehead atoms. The molecule has 0 unspecified atom stereocenters. The number of likely N-dealkylation sites (tertiary alicyclic amines) is 1. The minimum Gasteiger partial charge on any atom is -0.494 e. The van der Waals surface area contributed by atoms with Gasteiger partial charge in [0.1, 0.15) is 11.8 Å². The second kappa shape index (κ2) is 12.0. The third kappa shape index (κ3) is 7.99. The Morgan fingerprint density at radius 1 is 1.21 bits per heavy atom. The molecular weight excluding hydrogens is 500 g/mol. The molecule has 1 fully saturated rings. The molecule has 0 aliphatic carbocycles. The zero-order valence-corrected chi connectivity index (χ0v) is 21.6. The predicted octanol–water partition coefficient (Wildman–Crippen LogP) is 3.41. The Hall–Kier alpha value is -4.01. The Labute approximate surface area is 219 Å². The van der Waals surface area contributed by atoms with Crippen LogP contribution in [0.25, 0.3) is 10.9 Å². The third-order valence-electron chi connectivity index (χ3n) is 5.61. The first-order valence-corrected chi connectivity index (χ1v) is 12.2. The van der Waals surface area contributed by atoms with Crippen molar-refractivity contribution in [3.05, 3.63) is 36.0 Å². The van der Waals surface area contributed by atoms with Crippen LogP contribution in [0.1, 0.15) is 50.4 Å². The number of alkyl carbamates (subject to hydrolysis) is 1. The Kier molecular flexibility index (Phi) is 9.04. The van der Waals surface area contributed by atoms with E-state index in [0.717, 1.165) is 4.90 Å². The van der Waals surface area contributed by atoms with Crippen LogP contribution in [-0.4, -0.2) is 71.6 Å². The number of rotatable bonds is 9. The fourth-order valence-electron chi connectivity index (χ4n) is 3.86. The summed E-state index contributed by atoms with van der Waals surface area (Å²) in [6, 6.07) is 7.01. The summed E-state index contributed by atoms with van der Waals surface area (Å²) in [6.07, 6.45) is 1.48. The normalized spacial score (nSPS) is 16.5. The summed E-state index contributed by atoms with van der Waals surface area (Å²) in [6.45, 7) is 4.81. The average Bonchev–Trinajstić information content (AvgIpc) is 3.17. The highest BCUT2D eigenvalue weighted by Gasteiger charge is 2.47. The van der Waals surface area contributed by atoms with Gasteiger partial charge < -0.3 is 25.0 Å². The first-order chi connectivity index (χ1) is 17.9. The van der Waals surface area contributed by atoms with Gasteiger partial charge in [0.2, 0.25) is 5.91 Å². The second-order valence-electron chi connectivity index (χ2n) is 10.0. The molecular formula is C26H31F2N5O5. The first-order valence-electron chi connectivity index (χ1n) is 12.2. The Morgan fingerprint density at radius 3 is 2.66 bits per heavy atom. The number of nitriles is 1. The molecule has 1 aromatic heterocycles. The lowest BCUT2D eigenvalue weighted by molar-refractivity contribution is -0.131. The van der Waals surface area contributed by atoms with E-state index in [2.05, 4.69) is 15.6 Å². The number of pyridine rings is 1. The van der Waals surface area contributed by atoms with Gasteiger partial charge in [-0.25, -0.2) is 13.6 Å². The molecule has 0 spiro atoms. The second-order valence-corrected chi connectivity index (χ2v) is 10.0. The van der Waals surface area contributed by atoms with Gasteiger partial charge in [0.15, 0.2) is 0 Å². The van der Waals surface area contributed by atoms with Crippen molar-refractivity contribution < 1.29 is 32.6 Å². The van der Waals surface area contributed by atoms with Crippen molar-refractivity contribution >= 4 is 28.8 Å². The van der Waals surface area contributed by atoms with Crippen molar-refractivity contribution in [3.63, 3.8) is 0 Å². The van der Waals surface area contributed by atoms with Crippen molar-refractivity contribution in [2.75, 3.05) is 26.3 Å². The van der Waals surface area contributed by atoms with Crippen LogP contribution in [0.15, 0.2) is 30.5 Å². The molecule has 0 radical (unpaired) electrons. The third-order valence-corrected chi connectivity index (χ3v) is 5.61. The van der Waals surface area contributed by atoms with Gasteiger partial charge in [0, 0.05) is 23.5 Å². The maximum Gasteiger partial charge on any atom is 0.407 e. The van der Waals surface area contributed by atoms with Crippen LogP contribution in [0.2, 0.25) is 0 Å². The van der Waals surface area contributed by atoms with Crippen molar-refractivity contribution in [2.45, 2.75) is 57.5 Å². The lowest BCUT2D eigenvalue weighted by Crippen LogP contribution is -2.43. The Balaban J connectivity index is 1.53. The number of nitrogens with one attached hydrogen (secondary N) is 2. The van der Waals surface area contributed by atoms with E-state index >= 15 is 0 Å². The maximum absolute atomic E-state index is 13.6. The number of benzene rings is 1. The molecule has 1 aliphatic rings. The summed E-state index contributed by atoms with van der Waals surface area (Å²) in [5.41, 5.74) is 0.385. The standard InChI is InChI=1S/C26H31F2N5O5/c1-25(2,3)32-24(36)38-11-5-4-10-37-18-6-7-21-20(12-18)19(8-9-30-21)23(35)31-15-22(34)33-16-26(27,28)13-17(33)14-29/h6-9,12,17H,4-5,10-11,13,15-16H2,1-3H3,(H,31,35)(H,32,36)/t17-/m0/s1. The van der Waals surface area contributed by atoms with Crippen molar-refractivity contribution in [1.82, 2.24) is 20.5 Å². The molecule has 1 aromatic carbocycles. The topological polar surface area (TPSA) is 134 Å². The van der Waals surface area contributed by atoms with E-state index < -0.39 is 49.4 Å². The predicted molar refractivity (Wildman–Crippen MR) is 134 cm³/mol. The van der Waals surface area contributed by atoms with Crippen LogP contribution < -0.4 is 15.4 Å². The monoisotopic (exact) mass is 531 g/mol. The Morgan fingerprint density at radius 2 is 1.95 bits per heavy atom. The Bertz CT molecular complexity index is 1220. The summed E-state index contributed by atoms with van der Waals surface area (Å²) in [7, 11) is 0. The fourth-order valence-corrected chi connectivity index (χ4v) is 3.86. The minimum atomic E-state index is -3.13. The van der Waals surface area contributed by atoms with E-state index in [1.807, 2.05) is 20.8 Å². The SMILES string of the molecule is CC(C)(C)NC(=O)OCCCCOc1ccc2nccc(C(=O)NCC(=O)N3CC(F)(F)C[C@H]3C#N)c2c1. The van der Waals surface area contributed by atoms with Crippen molar-refractivity contribution in [2.24, 2.45) is 0 Å². The van der Waals surface area contributed by atoms with Gasteiger partial charge in [-0.1, -0.05) is 0 Å². The van der Waals surface area contributed by atoms with Crippen LogP contribution >= 0.6 is 0 Å². The molecule has 1 saturated heterocycles. The van der Waals surface area contributed by atoms with Crippen LogP contribution in [0.5, 0.6) is 5.75 Å². The summed E-state index contributed by atoms with van der Waals surface area (Å²) in [5.74, 6) is -3.98. The highest BCUT2D eigenvalue weighted by molar-refractivity contribution is 6.07. The maximum atomic E-state index is 13.6. The molecule has 10 nitrogen and oxygen atoms in total. The number of ether oxygens (including phenoxy) is 2. The number of halogens is 2. The van der Waals surface area contributed by atoms with E-state index in [4.69, 9.17) is 14.7 Å². The zero-order chi connectivity index (χ0) is 27.9. The van der Waals surface area contributed by atoms with Crippen LogP contribution in [0.4, 0.5) is 13.6 Å². The van der Waals surface area contributed by atoms with Crippen LogP contribution in [0, 0.1) is 11.3 Å². The van der Waals surface area contributed by atoms with Gasteiger partial charge in [-0.3, -0.25) is 14.6 Å². The average molecular weight is 532 g/mol. The van der Waals surface area contributed by atoms with Crippen molar-refractivity contribution in [3.8, 4) is 11.8 Å². The summed E-state index contributed by atoms with van der Waals surface area (Å²) >= 11 is 0. The van der Waals surface area contributed by atoms with Gasteiger partial charge in [0.25, 0.3) is 11.8 Å². The molecule has 1 atom stereocenters. The zero-order valence-electron chi connectivity index (χ0n) is 21.6. The molecule has 12 heteroatoms. The van der Waals surface area contributed by atoms with Gasteiger partial charge in [0.05, 0.1) is 43.5 Å². The highest BCUT2D eigenvalue weighted by Crippen LogP contribution is 2.31. The first kappa shape index (κ1) is 28.6. The number of nitrogens with zero attached hydrogens (tertiary/aromatic N) is 3. The number of fused-ring (bicyclic) bond motifs is 1. The quantitative estimate of drug-likeness (QED) is 0.474. The van der Waals surface area contributed by atoms with E-state index in [-0.39, 0.29) is 17.7 Å². The number of aromatic nitrogens is 1. The largest absolute Gasteiger partial charge is 0.494 e. The van der Waals surface area contributed by atoms with Gasteiger partial charge in [-0.15, -0.1) is 0 Å². The molecule has 1 aliphatic heterocycles. The molecule has 2 aromatic rings. The van der Waals surface area contributed by atoms with E-state index in [0.29, 0.717) is 36.1 Å². The van der Waals surface area contributed by atoms with Gasteiger partial charge in [-0.2, -0.15) is 5.26 Å². The van der Waals surface area contributed by atoms with E-state index in [1.165, 1.54) is 12.3 Å². The summed E-state index contributed by atoms with van der Waals surface area (Å²) in [5, 5.41) is 14.7. The fraction of sp³-hybridized carbons (Fsp3) is 0.500. The lowest BCUT2D eigenvalue weighted by atomic mass is 10.1. The summed E-state index contributed by atoms with van der Waals surface area (Å²) in [4.78, 5) is 41.9. The molecule has 204 valence electrons. The van der Waals surface area contributed by atoms with Gasteiger partial charge >= 0.3 is 6.09 Å². The number of carbonyl (C=O) groups excluding carboxylic acids is 3. The number of hydrogen-bond donors (Lipinski definition) is 2. The molecule has 3 amide bonds. The molecule has 2 heterocycles. The minimum absolute atomic E-state index is 0.232.